The van der Waals surface area contributed by atoms with Crippen molar-refractivity contribution >= 4 is 99.6 Å². The number of anilines is 2. The van der Waals surface area contributed by atoms with Crippen LogP contribution in [-0.4, -0.2) is 96.9 Å². The molecular formula is C57H50Cl4F6N6O6S2. The number of aromatic hydroxyl groups is 1. The van der Waals surface area contributed by atoms with Crippen molar-refractivity contribution in [2.45, 2.75) is 60.6 Å². The van der Waals surface area contributed by atoms with Crippen LogP contribution < -0.4 is 15.4 Å². The topological polar surface area (TPSA) is 154 Å². The summed E-state index contributed by atoms with van der Waals surface area (Å²) in [6.45, 7) is -0.971. The summed E-state index contributed by atoms with van der Waals surface area (Å²) in [5, 5.41) is 21.5. The molecule has 2 fully saturated rings. The summed E-state index contributed by atoms with van der Waals surface area (Å²) in [5.41, 5.74) is -2.77. The summed E-state index contributed by atoms with van der Waals surface area (Å²) in [6, 6.07) is 40.5. The summed E-state index contributed by atoms with van der Waals surface area (Å²) in [5.74, 6) is 0.0377. The minimum absolute atomic E-state index is 0.0323. The van der Waals surface area contributed by atoms with E-state index in [-0.39, 0.29) is 81.5 Å². The third kappa shape index (κ3) is 13.2. The lowest BCUT2D eigenvalue weighted by Gasteiger charge is -2.32. The van der Waals surface area contributed by atoms with Crippen molar-refractivity contribution in [3.8, 4) is 11.5 Å². The van der Waals surface area contributed by atoms with Crippen LogP contribution in [0.3, 0.4) is 0 Å². The fourth-order valence-corrected chi connectivity index (χ4v) is 12.7. The van der Waals surface area contributed by atoms with Gasteiger partial charge in [-0.1, -0.05) is 94.9 Å². The molecule has 0 spiro atoms. The maximum atomic E-state index is 13.0. The van der Waals surface area contributed by atoms with Crippen molar-refractivity contribution in [1.29, 1.82) is 0 Å². The number of pyridine rings is 2. The van der Waals surface area contributed by atoms with Crippen LogP contribution in [0.1, 0.15) is 70.9 Å². The smallest absolute Gasteiger partial charge is 0.506 e. The number of ether oxygens (including phenoxy) is 1. The van der Waals surface area contributed by atoms with Crippen molar-refractivity contribution in [3.63, 3.8) is 0 Å². The van der Waals surface area contributed by atoms with Gasteiger partial charge in [0.15, 0.2) is 0 Å². The summed E-state index contributed by atoms with van der Waals surface area (Å²) >= 11 is 24.6. The van der Waals surface area contributed by atoms with Gasteiger partial charge in [0.25, 0.3) is 0 Å². The first kappa shape index (κ1) is 59.5. The molecule has 2 aliphatic rings. The summed E-state index contributed by atoms with van der Waals surface area (Å²) in [7, 11) is -9.15. The fourth-order valence-electron chi connectivity index (χ4n) is 10.2. The van der Waals surface area contributed by atoms with Crippen molar-refractivity contribution < 1.29 is 53.0 Å². The number of hydrogen-bond donors (Lipinski definition) is 3. The van der Waals surface area contributed by atoms with Crippen LogP contribution in [0, 0.1) is 0 Å². The van der Waals surface area contributed by atoms with Gasteiger partial charge in [-0.15, -0.1) is 0 Å². The average molecular weight is 1230 g/mol. The molecule has 4 heterocycles. The van der Waals surface area contributed by atoms with Crippen molar-refractivity contribution in [2.24, 2.45) is 0 Å². The van der Waals surface area contributed by atoms with Gasteiger partial charge in [-0.05, 0) is 144 Å². The first-order valence-electron chi connectivity index (χ1n) is 25.2. The van der Waals surface area contributed by atoms with Crippen molar-refractivity contribution in [3.05, 3.63) is 199 Å². The van der Waals surface area contributed by atoms with E-state index in [1.807, 2.05) is 91.0 Å². The molecule has 0 unspecified atom stereocenters. The van der Waals surface area contributed by atoms with Crippen LogP contribution in [0.2, 0.25) is 20.1 Å². The molecule has 426 valence electrons. The molecule has 6 aromatic carbocycles. The van der Waals surface area contributed by atoms with E-state index in [0.29, 0.717) is 56.6 Å². The first-order valence-corrected chi connectivity index (χ1v) is 29.6. The lowest BCUT2D eigenvalue weighted by molar-refractivity contribution is -0.0499. The van der Waals surface area contributed by atoms with Gasteiger partial charge in [0.05, 0.1) is 7.11 Å². The number of nitrogens with zero attached hydrogens (tertiary/aromatic N) is 4. The second-order valence-corrected chi connectivity index (χ2v) is 25.0. The number of alkyl halides is 6. The third-order valence-electron chi connectivity index (χ3n) is 14.3. The Kier molecular flexibility index (Phi) is 17.9. The number of methoxy groups -OCH3 is 1. The monoisotopic (exact) mass is 1230 g/mol. The SMILES string of the molecule is COc1cc(C(c2ccc(Cl)cc2)c2ccc(Cl)cc2)cc2c(NC3CCN(S(=O)(=O)C(F)(F)F)CC3)ccnc12.O=S(=O)(N1CCC(Nc2ccnc3c(O)cc(C(c4ccc(Cl)cc4)c4ccc(Cl)cc4)cc23)CC1)C(F)(F)F. The third-order valence-corrected chi connectivity index (χ3v) is 18.5. The fraction of sp³-hybridized carbons (Fsp3) is 0.263. The Balaban J connectivity index is 0.000000196. The lowest BCUT2D eigenvalue weighted by atomic mass is 9.84. The van der Waals surface area contributed by atoms with Crippen LogP contribution >= 0.6 is 46.4 Å². The van der Waals surface area contributed by atoms with E-state index in [9.17, 15) is 48.3 Å². The highest BCUT2D eigenvalue weighted by atomic mass is 35.5. The Morgan fingerprint density at radius 2 is 0.827 bits per heavy atom. The highest BCUT2D eigenvalue weighted by molar-refractivity contribution is 7.90. The highest BCUT2D eigenvalue weighted by Crippen LogP contribution is 2.42. The quantitative estimate of drug-likeness (QED) is 0.0751. The predicted octanol–water partition coefficient (Wildman–Crippen LogP) is 14.6. The van der Waals surface area contributed by atoms with Gasteiger partial charge in [0.1, 0.15) is 22.5 Å². The van der Waals surface area contributed by atoms with Crippen molar-refractivity contribution in [1.82, 2.24) is 18.6 Å². The standard InChI is InChI=1S/C29H26Cl2F3N3O3S.C28H24Cl2F3N3O3S/c1-40-26-17-20(27(18-2-6-21(30)7-3-18)19-4-8-22(31)9-5-19)16-24-25(10-13-35-28(24)26)36-23-11-14-37(15-12-23)41(38,39)29(32,33)34;29-20-5-1-17(2-6-20)26(18-3-7-21(30)8-4-18)19-15-23-24(9-12-34-27(23)25(37)16-19)35-22-10-13-36(14-11-22)40(38,39)28(31,32)33/h2-10,13,16-17,23,27H,11-12,14-15H2,1H3,(H,35,36);1-9,12,15-16,22,26,37H,10-11,13-14H2,(H,34,35). The van der Waals surface area contributed by atoms with Gasteiger partial charge in [-0.2, -0.15) is 35.0 Å². The molecule has 8 aromatic rings. The van der Waals surface area contributed by atoms with Crippen LogP contribution in [0.5, 0.6) is 11.5 Å². The van der Waals surface area contributed by atoms with Gasteiger partial charge in [-0.3, -0.25) is 9.97 Å². The molecule has 10 rings (SSSR count). The Bertz CT molecular complexity index is 3670. The normalized spacial score (nSPS) is 15.5. The van der Waals surface area contributed by atoms with E-state index in [1.54, 1.807) is 55.8 Å². The Hall–Kier alpha value is -6.10. The van der Waals surface area contributed by atoms with E-state index >= 15 is 0 Å². The molecule has 3 N–H and O–H groups in total. The molecule has 0 amide bonds. The minimum Gasteiger partial charge on any atom is -0.506 e. The number of phenolic OH excluding ortho intramolecular Hbond substituents is 1. The van der Waals surface area contributed by atoms with Gasteiger partial charge in [0, 0.05) is 105 Å². The average Bonchev–Trinajstić information content (AvgIpc) is 3.48. The summed E-state index contributed by atoms with van der Waals surface area (Å²) in [4.78, 5) is 8.87. The second kappa shape index (κ2) is 24.4. The maximum absolute atomic E-state index is 13.0. The van der Waals surface area contributed by atoms with E-state index in [1.165, 1.54) is 6.20 Å². The molecule has 24 heteroatoms. The van der Waals surface area contributed by atoms with Gasteiger partial charge >= 0.3 is 31.1 Å². The molecule has 0 radical (unpaired) electrons. The van der Waals surface area contributed by atoms with E-state index in [4.69, 9.17) is 51.1 Å². The molecule has 0 atom stereocenters. The maximum Gasteiger partial charge on any atom is 0.511 e. The van der Waals surface area contributed by atoms with Crippen LogP contribution in [0.15, 0.2) is 146 Å². The number of halogens is 10. The molecule has 2 aromatic heterocycles. The van der Waals surface area contributed by atoms with Crippen molar-refractivity contribution in [2.75, 3.05) is 43.9 Å². The zero-order valence-corrected chi connectivity index (χ0v) is 47.4. The highest BCUT2D eigenvalue weighted by Gasteiger charge is 2.51. The summed E-state index contributed by atoms with van der Waals surface area (Å²) in [6.07, 6.45) is 3.96. The van der Waals surface area contributed by atoms with E-state index in [0.717, 1.165) is 44.5 Å². The molecule has 2 saturated heterocycles. The zero-order chi connectivity index (χ0) is 58.0. The number of piperidine rings is 2. The predicted molar refractivity (Wildman–Crippen MR) is 306 cm³/mol. The molecular weight excluding hydrogens is 1180 g/mol. The van der Waals surface area contributed by atoms with Crippen LogP contribution in [-0.2, 0) is 20.0 Å². The Labute approximate surface area is 483 Å². The molecule has 0 bridgehead atoms. The molecule has 12 nitrogen and oxygen atoms in total. The van der Waals surface area contributed by atoms with Crippen LogP contribution in [0.4, 0.5) is 37.7 Å². The molecule has 0 saturated carbocycles. The summed E-state index contributed by atoms with van der Waals surface area (Å²) < 4.78 is 132. The molecule has 81 heavy (non-hydrogen) atoms. The second-order valence-electron chi connectivity index (χ2n) is 19.4. The number of phenols is 1. The number of fused-ring (bicyclic) bond motifs is 2. The molecule has 0 aliphatic carbocycles. The number of hydrogen-bond acceptors (Lipinski definition) is 10. The number of aromatic nitrogens is 2. The lowest BCUT2D eigenvalue weighted by Crippen LogP contribution is -2.47. The zero-order valence-electron chi connectivity index (χ0n) is 42.7. The van der Waals surface area contributed by atoms with Gasteiger partial charge < -0.3 is 20.5 Å². The minimum atomic E-state index is -5.36. The number of benzene rings is 6. The Morgan fingerprint density at radius 1 is 0.506 bits per heavy atom. The number of nitrogens with one attached hydrogen (secondary N) is 2. The Morgan fingerprint density at radius 3 is 1.16 bits per heavy atom. The van der Waals surface area contributed by atoms with Crippen LogP contribution in [0.25, 0.3) is 21.8 Å². The van der Waals surface area contributed by atoms with E-state index in [2.05, 4.69) is 20.6 Å². The number of sulfonamides is 2. The number of rotatable bonds is 13. The van der Waals surface area contributed by atoms with Gasteiger partial charge in [0.2, 0.25) is 0 Å². The van der Waals surface area contributed by atoms with E-state index < -0.39 is 31.1 Å². The first-order chi connectivity index (χ1) is 38.4. The van der Waals surface area contributed by atoms with Gasteiger partial charge in [-0.25, -0.2) is 16.8 Å². The largest absolute Gasteiger partial charge is 0.511 e. The molecule has 2 aliphatic heterocycles.